The predicted molar refractivity (Wildman–Crippen MR) is 109 cm³/mol. The van der Waals surface area contributed by atoms with E-state index in [1.165, 1.54) is 0 Å². The maximum atomic E-state index is 14.5. The Morgan fingerprint density at radius 1 is 1.17 bits per heavy atom. The zero-order valence-electron chi connectivity index (χ0n) is 16.1. The van der Waals surface area contributed by atoms with Crippen LogP contribution in [0.5, 0.6) is 0 Å². The highest BCUT2D eigenvalue weighted by atomic mass is 19.1. The molecule has 0 amide bonds. The molecule has 4 aromatic heterocycles. The lowest BCUT2D eigenvalue weighted by Gasteiger charge is -2.34. The van der Waals surface area contributed by atoms with Gasteiger partial charge in [0.1, 0.15) is 18.4 Å². The van der Waals surface area contributed by atoms with E-state index in [4.69, 9.17) is 5.73 Å². The van der Waals surface area contributed by atoms with Crippen LogP contribution in [-0.4, -0.2) is 72.6 Å². The van der Waals surface area contributed by atoms with E-state index >= 15 is 0 Å². The number of fused-ring (bicyclic) bond motifs is 2. The highest BCUT2D eigenvalue weighted by Crippen LogP contribution is 2.28. The zero-order chi connectivity index (χ0) is 20.7. The van der Waals surface area contributed by atoms with Gasteiger partial charge in [-0.2, -0.15) is 10.1 Å². The molecule has 0 saturated carbocycles. The molecule has 5 heterocycles. The van der Waals surface area contributed by atoms with Gasteiger partial charge in [0, 0.05) is 43.7 Å². The SMILES string of the molecule is Nc1nc(N[C@H]2CCN(CCF)C[C@H]2F)nn2ccc(-c3ccn4nccc4n3)c12. The molecule has 30 heavy (non-hydrogen) atoms. The first-order chi connectivity index (χ1) is 14.6. The number of nitrogens with two attached hydrogens (primary N) is 1. The van der Waals surface area contributed by atoms with Gasteiger partial charge >= 0.3 is 0 Å². The van der Waals surface area contributed by atoms with Crippen LogP contribution >= 0.6 is 0 Å². The van der Waals surface area contributed by atoms with Gasteiger partial charge in [-0.25, -0.2) is 22.8 Å². The quantitative estimate of drug-likeness (QED) is 0.515. The third kappa shape index (κ3) is 3.30. The molecule has 2 atom stereocenters. The molecule has 0 bridgehead atoms. The maximum Gasteiger partial charge on any atom is 0.243 e. The number of hydrogen-bond donors (Lipinski definition) is 2. The minimum absolute atomic E-state index is 0.190. The van der Waals surface area contributed by atoms with Gasteiger partial charge in [-0.1, -0.05) is 0 Å². The molecule has 1 aliphatic rings. The number of nitrogen functional groups attached to an aromatic ring is 1. The van der Waals surface area contributed by atoms with Crippen LogP contribution in [-0.2, 0) is 0 Å². The molecule has 0 spiro atoms. The number of nitrogens with one attached hydrogen (secondary N) is 1. The van der Waals surface area contributed by atoms with Crippen molar-refractivity contribution in [3.05, 3.63) is 36.8 Å². The van der Waals surface area contributed by atoms with Gasteiger partial charge in [-0.3, -0.25) is 4.90 Å². The lowest BCUT2D eigenvalue weighted by molar-refractivity contribution is 0.120. The van der Waals surface area contributed by atoms with Crippen LogP contribution in [0, 0.1) is 0 Å². The van der Waals surface area contributed by atoms with E-state index in [1.54, 1.807) is 26.3 Å². The summed E-state index contributed by atoms with van der Waals surface area (Å²) in [7, 11) is 0. The number of piperidine rings is 1. The van der Waals surface area contributed by atoms with Gasteiger partial charge < -0.3 is 11.1 Å². The number of hydrogen-bond acceptors (Lipinski definition) is 7. The van der Waals surface area contributed by atoms with E-state index in [9.17, 15) is 8.78 Å². The summed E-state index contributed by atoms with van der Waals surface area (Å²) < 4.78 is 30.3. The summed E-state index contributed by atoms with van der Waals surface area (Å²) in [6, 6.07) is 5.08. The molecule has 0 radical (unpaired) electrons. The van der Waals surface area contributed by atoms with Crippen LogP contribution in [0.3, 0.4) is 0 Å². The molecular weight excluding hydrogens is 392 g/mol. The number of halogens is 2. The average Bonchev–Trinajstić information content (AvgIpc) is 3.36. The van der Waals surface area contributed by atoms with Gasteiger partial charge in [-0.15, -0.1) is 5.10 Å². The summed E-state index contributed by atoms with van der Waals surface area (Å²) in [6.45, 7) is 0.597. The Kier molecular flexibility index (Phi) is 4.66. The Morgan fingerprint density at radius 3 is 2.87 bits per heavy atom. The monoisotopic (exact) mass is 413 g/mol. The van der Waals surface area contributed by atoms with Crippen LogP contribution < -0.4 is 11.1 Å². The molecule has 0 aliphatic carbocycles. The van der Waals surface area contributed by atoms with Crippen molar-refractivity contribution in [2.45, 2.75) is 18.6 Å². The fourth-order valence-corrected chi connectivity index (χ4v) is 3.90. The van der Waals surface area contributed by atoms with E-state index in [2.05, 4.69) is 25.5 Å². The van der Waals surface area contributed by atoms with Crippen molar-refractivity contribution in [1.82, 2.24) is 34.1 Å². The van der Waals surface area contributed by atoms with Crippen molar-refractivity contribution in [2.75, 3.05) is 37.4 Å². The van der Waals surface area contributed by atoms with Gasteiger partial charge in [0.2, 0.25) is 5.95 Å². The summed E-state index contributed by atoms with van der Waals surface area (Å²) in [5.74, 6) is 0.529. The Hall–Kier alpha value is -3.34. The van der Waals surface area contributed by atoms with E-state index in [0.717, 1.165) is 16.9 Å². The van der Waals surface area contributed by atoms with Crippen LogP contribution in [0.1, 0.15) is 6.42 Å². The van der Waals surface area contributed by atoms with Crippen molar-refractivity contribution in [2.24, 2.45) is 0 Å². The predicted octanol–water partition coefficient (Wildman–Crippen LogP) is 1.81. The number of aromatic nitrogens is 6. The Bertz CT molecular complexity index is 1190. The van der Waals surface area contributed by atoms with E-state index in [-0.39, 0.29) is 24.9 Å². The summed E-state index contributed by atoms with van der Waals surface area (Å²) in [4.78, 5) is 10.7. The molecule has 3 N–H and O–H groups in total. The Balaban J connectivity index is 1.41. The number of alkyl halides is 2. The first kappa shape index (κ1) is 18.7. The molecule has 156 valence electrons. The van der Waals surface area contributed by atoms with E-state index < -0.39 is 18.9 Å². The van der Waals surface area contributed by atoms with Crippen molar-refractivity contribution in [3.63, 3.8) is 0 Å². The standard InChI is InChI=1S/C19H21F2N9/c20-5-10-28-7-3-15(13(21)11-28)25-19-26-18(22)17-12(2-8-30(17)27-19)14-4-9-29-16(24-14)1-6-23-29/h1-2,4,6,8-9,13,15H,3,5,7,10-11H2,(H3,22,25,26,27)/t13-,15+/m1/s1. The zero-order valence-corrected chi connectivity index (χ0v) is 16.1. The van der Waals surface area contributed by atoms with Crippen molar-refractivity contribution in [1.29, 1.82) is 0 Å². The molecule has 1 aliphatic heterocycles. The molecule has 9 nitrogen and oxygen atoms in total. The summed E-state index contributed by atoms with van der Waals surface area (Å²) in [6.07, 6.45) is 4.67. The highest BCUT2D eigenvalue weighted by molar-refractivity contribution is 5.86. The van der Waals surface area contributed by atoms with Gasteiger partial charge in [0.25, 0.3) is 0 Å². The Labute approximate surface area is 170 Å². The van der Waals surface area contributed by atoms with Crippen LogP contribution in [0.15, 0.2) is 36.8 Å². The molecule has 1 saturated heterocycles. The van der Waals surface area contributed by atoms with Crippen molar-refractivity contribution in [3.8, 4) is 11.3 Å². The van der Waals surface area contributed by atoms with Crippen LogP contribution in [0.4, 0.5) is 20.5 Å². The fraction of sp³-hybridized carbons (Fsp3) is 0.368. The van der Waals surface area contributed by atoms with Gasteiger partial charge in [-0.05, 0) is 18.6 Å². The second-order valence-electron chi connectivity index (χ2n) is 7.34. The van der Waals surface area contributed by atoms with E-state index in [1.807, 2.05) is 24.4 Å². The third-order valence-corrected chi connectivity index (χ3v) is 5.41. The number of rotatable bonds is 5. The molecular formula is C19H21F2N9. The molecule has 5 rings (SSSR count). The molecule has 1 fully saturated rings. The fourth-order valence-electron chi connectivity index (χ4n) is 3.90. The first-order valence-corrected chi connectivity index (χ1v) is 9.77. The molecule has 4 aromatic rings. The number of anilines is 2. The molecule has 0 unspecified atom stereocenters. The molecule has 0 aromatic carbocycles. The van der Waals surface area contributed by atoms with Gasteiger partial charge in [0.05, 0.1) is 17.9 Å². The topological polar surface area (TPSA) is 102 Å². The average molecular weight is 413 g/mol. The third-order valence-electron chi connectivity index (χ3n) is 5.41. The smallest absolute Gasteiger partial charge is 0.243 e. The largest absolute Gasteiger partial charge is 0.382 e. The van der Waals surface area contributed by atoms with Crippen LogP contribution in [0.2, 0.25) is 0 Å². The van der Waals surface area contributed by atoms with Crippen LogP contribution in [0.25, 0.3) is 22.4 Å². The van der Waals surface area contributed by atoms with E-state index in [0.29, 0.717) is 18.5 Å². The lowest BCUT2D eigenvalue weighted by atomic mass is 10.0. The summed E-state index contributed by atoms with van der Waals surface area (Å²) in [5, 5.41) is 11.6. The minimum atomic E-state index is -1.14. The highest BCUT2D eigenvalue weighted by Gasteiger charge is 2.29. The number of likely N-dealkylation sites (tertiary alicyclic amines) is 1. The second-order valence-corrected chi connectivity index (χ2v) is 7.34. The summed E-state index contributed by atoms with van der Waals surface area (Å²) in [5.41, 5.74) is 9.11. The Morgan fingerprint density at radius 2 is 2.03 bits per heavy atom. The normalized spacial score (nSPS) is 20.2. The lowest BCUT2D eigenvalue weighted by Crippen LogP contribution is -2.48. The molecule has 11 heteroatoms. The first-order valence-electron chi connectivity index (χ1n) is 9.77. The second kappa shape index (κ2) is 7.48. The minimum Gasteiger partial charge on any atom is -0.382 e. The van der Waals surface area contributed by atoms with Crippen molar-refractivity contribution >= 4 is 22.9 Å². The summed E-state index contributed by atoms with van der Waals surface area (Å²) >= 11 is 0. The number of nitrogens with zero attached hydrogens (tertiary/aromatic N) is 7. The van der Waals surface area contributed by atoms with Gasteiger partial charge in [0.15, 0.2) is 11.5 Å². The van der Waals surface area contributed by atoms with Crippen molar-refractivity contribution < 1.29 is 8.78 Å². The maximum absolute atomic E-state index is 14.5.